The lowest BCUT2D eigenvalue weighted by Gasteiger charge is -2.28. The molecule has 0 atom stereocenters. The van der Waals surface area contributed by atoms with Crippen LogP contribution in [0.5, 0.6) is 0 Å². The van der Waals surface area contributed by atoms with Gasteiger partial charge in [0.25, 0.3) is 0 Å². The first kappa shape index (κ1) is 23.3. The Labute approximate surface area is 191 Å². The molecule has 6 heteroatoms. The zero-order chi connectivity index (χ0) is 23.4. The largest absolute Gasteiger partial charge is 0.352 e. The Morgan fingerprint density at radius 2 is 1.64 bits per heavy atom. The summed E-state index contributed by atoms with van der Waals surface area (Å²) < 4.78 is 54.3. The molecule has 172 valence electrons. The maximum absolute atomic E-state index is 15.1. The molecule has 4 rings (SSSR count). The van der Waals surface area contributed by atoms with E-state index in [2.05, 4.69) is 6.92 Å². The molecule has 3 nitrogen and oxygen atoms in total. The predicted molar refractivity (Wildman–Crippen MR) is 120 cm³/mol. The number of aryl methyl sites for hydroxylation is 3. The Hall–Kier alpha value is -2.88. The summed E-state index contributed by atoms with van der Waals surface area (Å²) in [7, 11) is 0. The van der Waals surface area contributed by atoms with Gasteiger partial charge in [0.2, 0.25) is 0 Å². The van der Waals surface area contributed by atoms with Crippen LogP contribution in [0.4, 0.5) is 13.2 Å². The van der Waals surface area contributed by atoms with Crippen LogP contribution in [0.25, 0.3) is 10.8 Å². The monoisotopic (exact) mass is 453 g/mol. The summed E-state index contributed by atoms with van der Waals surface area (Å²) in [6.45, 7) is 3.59. The maximum atomic E-state index is 15.1. The summed E-state index contributed by atoms with van der Waals surface area (Å²) in [6, 6.07) is 13.0. The number of rotatable bonds is 7. The molecule has 0 unspecified atom stereocenters. The van der Waals surface area contributed by atoms with Crippen LogP contribution in [0.15, 0.2) is 42.5 Å². The van der Waals surface area contributed by atoms with Crippen LogP contribution in [-0.4, -0.2) is 19.5 Å². The summed E-state index contributed by atoms with van der Waals surface area (Å²) in [4.78, 5) is 0. The van der Waals surface area contributed by atoms with E-state index in [1.54, 1.807) is 12.1 Å². The molecule has 0 bridgehead atoms. The average molecular weight is 454 g/mol. The predicted octanol–water partition coefficient (Wildman–Crippen LogP) is 6.25. The highest BCUT2D eigenvalue weighted by atomic mass is 19.1. The van der Waals surface area contributed by atoms with Crippen molar-refractivity contribution < 1.29 is 22.6 Å². The first-order chi connectivity index (χ1) is 16.0. The molecular formula is C27H26F3NO2. The van der Waals surface area contributed by atoms with Gasteiger partial charge < -0.3 is 9.47 Å². The fourth-order valence-corrected chi connectivity index (χ4v) is 4.16. The van der Waals surface area contributed by atoms with Gasteiger partial charge in [-0.3, -0.25) is 0 Å². The van der Waals surface area contributed by atoms with Crippen molar-refractivity contribution in [3.8, 4) is 6.07 Å². The number of benzene rings is 3. The zero-order valence-corrected chi connectivity index (χ0v) is 18.5. The second kappa shape index (κ2) is 10.4. The van der Waals surface area contributed by atoms with Crippen molar-refractivity contribution in [1.82, 2.24) is 0 Å². The summed E-state index contributed by atoms with van der Waals surface area (Å²) in [5.41, 5.74) is 1.35. The van der Waals surface area contributed by atoms with Crippen LogP contribution in [-0.2, 0) is 28.7 Å². The smallest absolute Gasteiger partial charge is 0.157 e. The molecule has 3 aromatic carbocycles. The van der Waals surface area contributed by atoms with Crippen LogP contribution < -0.4 is 0 Å². The topological polar surface area (TPSA) is 42.2 Å². The third kappa shape index (κ3) is 5.38. The molecule has 1 heterocycles. The molecule has 1 aliphatic heterocycles. The van der Waals surface area contributed by atoms with Gasteiger partial charge >= 0.3 is 0 Å². The molecule has 0 spiro atoms. The van der Waals surface area contributed by atoms with Crippen LogP contribution in [0.1, 0.15) is 42.0 Å². The summed E-state index contributed by atoms with van der Waals surface area (Å²) in [5.74, 6) is -1.64. The van der Waals surface area contributed by atoms with Crippen molar-refractivity contribution in [3.05, 3.63) is 82.2 Å². The standard InChI is InChI=1S/C27H26F3NO2/c1-2-17-15-32-26(33-16-17)10-5-18-4-9-22-21(11-18)8-7-20(27(22)30)6-3-19-12-24(28)23(14-31)25(29)13-19/h4,7-9,11-13,17,26H,2-3,5-6,10,15-16H2,1H3. The van der Waals surface area contributed by atoms with Gasteiger partial charge in [0.05, 0.1) is 13.2 Å². The second-order valence-electron chi connectivity index (χ2n) is 8.55. The van der Waals surface area contributed by atoms with Crippen molar-refractivity contribution in [3.63, 3.8) is 0 Å². The molecular weight excluding hydrogens is 427 g/mol. The van der Waals surface area contributed by atoms with E-state index < -0.39 is 17.2 Å². The van der Waals surface area contributed by atoms with E-state index in [-0.39, 0.29) is 18.5 Å². The van der Waals surface area contributed by atoms with E-state index >= 15 is 4.39 Å². The van der Waals surface area contributed by atoms with Crippen LogP contribution in [0.3, 0.4) is 0 Å². The average Bonchev–Trinajstić information content (AvgIpc) is 2.82. The number of nitriles is 1. The van der Waals surface area contributed by atoms with E-state index in [4.69, 9.17) is 14.7 Å². The molecule has 1 fully saturated rings. The van der Waals surface area contributed by atoms with Crippen LogP contribution in [0, 0.1) is 34.7 Å². The molecule has 0 radical (unpaired) electrons. The normalized spacial score (nSPS) is 18.4. The van der Waals surface area contributed by atoms with Gasteiger partial charge in [-0.1, -0.05) is 37.3 Å². The summed E-state index contributed by atoms with van der Waals surface area (Å²) >= 11 is 0. The van der Waals surface area contributed by atoms with Crippen molar-refractivity contribution in [2.45, 2.75) is 45.3 Å². The first-order valence-electron chi connectivity index (χ1n) is 11.3. The number of nitrogens with zero attached hydrogens (tertiary/aromatic N) is 1. The molecule has 33 heavy (non-hydrogen) atoms. The Balaban J connectivity index is 1.41. The Morgan fingerprint density at radius 1 is 0.909 bits per heavy atom. The van der Waals surface area contributed by atoms with Crippen LogP contribution in [0.2, 0.25) is 0 Å². The number of ether oxygens (including phenoxy) is 2. The van der Waals surface area contributed by atoms with Gasteiger partial charge in [0.15, 0.2) is 6.29 Å². The Bertz CT molecular complexity index is 1160. The van der Waals surface area contributed by atoms with Crippen molar-refractivity contribution in [1.29, 1.82) is 5.26 Å². The SMILES string of the molecule is CCC1COC(CCc2ccc3c(F)c(CCc4cc(F)c(C#N)c(F)c4)ccc3c2)OC1. The number of hydrogen-bond donors (Lipinski definition) is 0. The second-order valence-corrected chi connectivity index (χ2v) is 8.55. The van der Waals surface area contributed by atoms with E-state index in [0.717, 1.165) is 55.6 Å². The van der Waals surface area contributed by atoms with Crippen molar-refractivity contribution in [2.24, 2.45) is 5.92 Å². The third-order valence-electron chi connectivity index (χ3n) is 6.28. The highest BCUT2D eigenvalue weighted by Gasteiger charge is 2.21. The zero-order valence-electron chi connectivity index (χ0n) is 18.5. The molecule has 3 aromatic rings. The lowest BCUT2D eigenvalue weighted by molar-refractivity contribution is -0.202. The quantitative estimate of drug-likeness (QED) is 0.425. The Kier molecular flexibility index (Phi) is 7.32. The fraction of sp³-hybridized carbons (Fsp3) is 0.370. The summed E-state index contributed by atoms with van der Waals surface area (Å²) in [6.07, 6.45) is 2.94. The fourth-order valence-electron chi connectivity index (χ4n) is 4.16. The number of hydrogen-bond acceptors (Lipinski definition) is 3. The minimum absolute atomic E-state index is 0.195. The molecule has 1 aliphatic rings. The summed E-state index contributed by atoms with van der Waals surface area (Å²) in [5, 5.41) is 10.1. The lowest BCUT2D eigenvalue weighted by atomic mass is 9.97. The number of halogens is 3. The maximum Gasteiger partial charge on any atom is 0.157 e. The van der Waals surface area contributed by atoms with Crippen molar-refractivity contribution in [2.75, 3.05) is 13.2 Å². The van der Waals surface area contributed by atoms with Gasteiger partial charge in [-0.25, -0.2) is 13.2 Å². The minimum Gasteiger partial charge on any atom is -0.352 e. The molecule has 0 amide bonds. The van der Waals surface area contributed by atoms with Crippen LogP contribution >= 0.6 is 0 Å². The van der Waals surface area contributed by atoms with Crippen molar-refractivity contribution >= 4 is 10.8 Å². The minimum atomic E-state index is -0.895. The van der Waals surface area contributed by atoms with E-state index in [1.807, 2.05) is 18.2 Å². The van der Waals surface area contributed by atoms with E-state index in [0.29, 0.717) is 28.9 Å². The molecule has 1 saturated heterocycles. The highest BCUT2D eigenvalue weighted by molar-refractivity contribution is 5.84. The third-order valence-corrected chi connectivity index (χ3v) is 6.28. The molecule has 0 saturated carbocycles. The Morgan fingerprint density at radius 3 is 2.30 bits per heavy atom. The van der Waals surface area contributed by atoms with Gasteiger partial charge in [-0.2, -0.15) is 5.26 Å². The molecule has 0 N–H and O–H groups in total. The van der Waals surface area contributed by atoms with Gasteiger partial charge in [0.1, 0.15) is 29.1 Å². The molecule has 0 aromatic heterocycles. The van der Waals surface area contributed by atoms with Gasteiger partial charge in [-0.05, 0) is 59.9 Å². The van der Waals surface area contributed by atoms with Gasteiger partial charge in [0, 0.05) is 17.7 Å². The van der Waals surface area contributed by atoms with E-state index in [9.17, 15) is 8.78 Å². The number of fused-ring (bicyclic) bond motifs is 1. The van der Waals surface area contributed by atoms with Gasteiger partial charge in [-0.15, -0.1) is 0 Å². The molecule has 0 aliphatic carbocycles. The lowest BCUT2D eigenvalue weighted by Crippen LogP contribution is -2.32. The van der Waals surface area contributed by atoms with E-state index in [1.165, 1.54) is 6.07 Å². The highest BCUT2D eigenvalue weighted by Crippen LogP contribution is 2.26. The first-order valence-corrected chi connectivity index (χ1v) is 11.3.